The van der Waals surface area contributed by atoms with Crippen LogP contribution in [0, 0.1) is 0 Å². The van der Waals surface area contributed by atoms with Crippen LogP contribution in [-0.4, -0.2) is 35.5 Å². The van der Waals surface area contributed by atoms with Crippen LogP contribution in [-0.2, 0) is 0 Å². The molecule has 3 rings (SSSR count). The van der Waals surface area contributed by atoms with E-state index in [1.165, 1.54) is 0 Å². The van der Waals surface area contributed by atoms with Gasteiger partial charge >= 0.3 is 0 Å². The van der Waals surface area contributed by atoms with E-state index in [9.17, 15) is 4.79 Å². The normalized spacial score (nSPS) is 13.9. The Morgan fingerprint density at radius 1 is 1.17 bits per heavy atom. The van der Waals surface area contributed by atoms with Crippen molar-refractivity contribution in [3.05, 3.63) is 48.3 Å². The number of nitrogens with one attached hydrogen (secondary N) is 1. The van der Waals surface area contributed by atoms with Gasteiger partial charge in [0.2, 0.25) is 0 Å². The van der Waals surface area contributed by atoms with E-state index in [0.717, 1.165) is 43.1 Å². The Kier molecular flexibility index (Phi) is 4.76. The molecular weight excluding hydrogens is 290 g/mol. The molecule has 5 nitrogen and oxygen atoms in total. The van der Waals surface area contributed by atoms with Gasteiger partial charge in [0.15, 0.2) is 0 Å². The first-order valence-corrected chi connectivity index (χ1v) is 8.00. The third-order valence-electron chi connectivity index (χ3n) is 3.83. The highest BCUT2D eigenvalue weighted by atomic mass is 16.5. The van der Waals surface area contributed by atoms with Crippen LogP contribution in [0.5, 0.6) is 5.75 Å². The van der Waals surface area contributed by atoms with Crippen molar-refractivity contribution in [2.45, 2.75) is 19.8 Å². The van der Waals surface area contributed by atoms with Crippen LogP contribution in [0.3, 0.4) is 0 Å². The molecule has 23 heavy (non-hydrogen) atoms. The van der Waals surface area contributed by atoms with Crippen molar-refractivity contribution in [1.29, 1.82) is 0 Å². The second-order valence-corrected chi connectivity index (χ2v) is 5.54. The fourth-order valence-electron chi connectivity index (χ4n) is 2.70. The smallest absolute Gasteiger partial charge is 0.255 e. The molecule has 5 heteroatoms. The molecule has 1 saturated heterocycles. The van der Waals surface area contributed by atoms with Crippen LogP contribution in [0.15, 0.2) is 42.7 Å². The van der Waals surface area contributed by atoms with Gasteiger partial charge in [0.05, 0.1) is 24.1 Å². The van der Waals surface area contributed by atoms with Gasteiger partial charge in [-0.1, -0.05) is 0 Å². The Balaban J connectivity index is 1.70. The molecule has 1 fully saturated rings. The minimum atomic E-state index is 0.0605. The Bertz CT molecular complexity index is 664. The van der Waals surface area contributed by atoms with Crippen LogP contribution in [0.25, 0.3) is 0 Å². The summed E-state index contributed by atoms with van der Waals surface area (Å²) in [4.78, 5) is 18.5. The highest BCUT2D eigenvalue weighted by molar-refractivity contribution is 5.95. The number of likely N-dealkylation sites (tertiary alicyclic amines) is 1. The van der Waals surface area contributed by atoms with Crippen molar-refractivity contribution in [2.75, 3.05) is 25.0 Å². The minimum Gasteiger partial charge on any atom is -0.494 e. The summed E-state index contributed by atoms with van der Waals surface area (Å²) in [5.74, 6) is 0.902. The standard InChI is InChI=1S/C18H21N3O2/c1-2-23-17-7-5-15(6-8-17)20-16-11-14(12-19-13-16)18(22)21-9-3-4-10-21/h5-8,11-13,20H,2-4,9-10H2,1H3. The van der Waals surface area contributed by atoms with Gasteiger partial charge in [0, 0.05) is 25.0 Å². The molecule has 1 N–H and O–H groups in total. The first-order valence-electron chi connectivity index (χ1n) is 8.00. The van der Waals surface area contributed by atoms with Crippen LogP contribution in [0.1, 0.15) is 30.1 Å². The summed E-state index contributed by atoms with van der Waals surface area (Å²) >= 11 is 0. The Morgan fingerprint density at radius 3 is 2.61 bits per heavy atom. The van der Waals surface area contributed by atoms with E-state index in [-0.39, 0.29) is 5.91 Å². The number of anilines is 2. The molecule has 1 aromatic heterocycles. The summed E-state index contributed by atoms with van der Waals surface area (Å²) < 4.78 is 5.43. The molecular formula is C18H21N3O2. The van der Waals surface area contributed by atoms with Gasteiger partial charge in [0.1, 0.15) is 5.75 Å². The summed E-state index contributed by atoms with van der Waals surface area (Å²) in [6.07, 6.45) is 5.52. The Labute approximate surface area is 136 Å². The average molecular weight is 311 g/mol. The van der Waals surface area contributed by atoms with Gasteiger partial charge in [-0.2, -0.15) is 0 Å². The molecule has 0 saturated carbocycles. The lowest BCUT2D eigenvalue weighted by Gasteiger charge is -2.15. The number of carbonyl (C=O) groups is 1. The van der Waals surface area contributed by atoms with E-state index >= 15 is 0 Å². The van der Waals surface area contributed by atoms with Crippen LogP contribution in [0.2, 0.25) is 0 Å². The van der Waals surface area contributed by atoms with E-state index in [1.807, 2.05) is 42.2 Å². The molecule has 1 amide bonds. The first kappa shape index (κ1) is 15.3. The maximum Gasteiger partial charge on any atom is 0.255 e. The molecule has 0 spiro atoms. The second-order valence-electron chi connectivity index (χ2n) is 5.54. The van der Waals surface area contributed by atoms with Crippen LogP contribution in [0.4, 0.5) is 11.4 Å². The van der Waals surface area contributed by atoms with Crippen LogP contribution >= 0.6 is 0 Å². The van der Waals surface area contributed by atoms with Crippen molar-refractivity contribution >= 4 is 17.3 Å². The lowest BCUT2D eigenvalue weighted by Crippen LogP contribution is -2.27. The molecule has 2 aromatic rings. The number of aromatic nitrogens is 1. The van der Waals surface area contributed by atoms with E-state index in [2.05, 4.69) is 10.3 Å². The molecule has 0 aliphatic carbocycles. The van der Waals surface area contributed by atoms with Crippen LogP contribution < -0.4 is 10.1 Å². The minimum absolute atomic E-state index is 0.0605. The number of rotatable bonds is 5. The number of hydrogen-bond donors (Lipinski definition) is 1. The number of hydrogen-bond acceptors (Lipinski definition) is 4. The molecule has 0 bridgehead atoms. The molecule has 2 heterocycles. The zero-order valence-electron chi connectivity index (χ0n) is 13.3. The van der Waals surface area contributed by atoms with Gasteiger partial charge in [-0.05, 0) is 50.1 Å². The molecule has 1 aliphatic heterocycles. The fraction of sp³-hybridized carbons (Fsp3) is 0.333. The third kappa shape index (κ3) is 3.80. The molecule has 1 aromatic carbocycles. The third-order valence-corrected chi connectivity index (χ3v) is 3.83. The van der Waals surface area contributed by atoms with Crippen molar-refractivity contribution in [2.24, 2.45) is 0 Å². The largest absolute Gasteiger partial charge is 0.494 e. The summed E-state index contributed by atoms with van der Waals surface area (Å²) in [6, 6.07) is 9.57. The molecule has 120 valence electrons. The van der Waals surface area contributed by atoms with Gasteiger partial charge in [-0.25, -0.2) is 0 Å². The summed E-state index contributed by atoms with van der Waals surface area (Å²) in [6.45, 7) is 4.29. The molecule has 0 atom stereocenters. The maximum atomic E-state index is 12.4. The summed E-state index contributed by atoms with van der Waals surface area (Å²) in [5.41, 5.74) is 2.36. The second kappa shape index (κ2) is 7.13. The monoisotopic (exact) mass is 311 g/mol. The van der Waals surface area contributed by atoms with Gasteiger partial charge < -0.3 is 15.0 Å². The predicted octanol–water partition coefficient (Wildman–Crippen LogP) is 3.46. The van der Waals surface area contributed by atoms with Crippen molar-refractivity contribution in [1.82, 2.24) is 9.88 Å². The summed E-state index contributed by atoms with van der Waals surface area (Å²) in [7, 11) is 0. The highest BCUT2D eigenvalue weighted by Gasteiger charge is 2.19. The number of benzene rings is 1. The van der Waals surface area contributed by atoms with Gasteiger partial charge in [0.25, 0.3) is 5.91 Å². The molecule has 0 unspecified atom stereocenters. The van der Waals surface area contributed by atoms with E-state index < -0.39 is 0 Å². The molecule has 0 radical (unpaired) electrons. The quantitative estimate of drug-likeness (QED) is 0.919. The maximum absolute atomic E-state index is 12.4. The first-order chi connectivity index (χ1) is 11.3. The lowest BCUT2D eigenvalue weighted by molar-refractivity contribution is 0.0792. The Morgan fingerprint density at radius 2 is 1.91 bits per heavy atom. The zero-order valence-corrected chi connectivity index (χ0v) is 13.3. The highest BCUT2D eigenvalue weighted by Crippen LogP contribution is 2.21. The number of pyridine rings is 1. The van der Waals surface area contributed by atoms with E-state index in [4.69, 9.17) is 4.74 Å². The fourth-order valence-corrected chi connectivity index (χ4v) is 2.70. The number of ether oxygens (including phenoxy) is 1. The topological polar surface area (TPSA) is 54.5 Å². The van der Waals surface area contributed by atoms with Gasteiger partial charge in [-0.15, -0.1) is 0 Å². The predicted molar refractivity (Wildman–Crippen MR) is 90.3 cm³/mol. The van der Waals surface area contributed by atoms with E-state index in [0.29, 0.717) is 12.2 Å². The molecule has 1 aliphatic rings. The number of amides is 1. The Hall–Kier alpha value is -2.56. The van der Waals surface area contributed by atoms with Gasteiger partial charge in [-0.3, -0.25) is 9.78 Å². The number of carbonyl (C=O) groups excluding carboxylic acids is 1. The average Bonchev–Trinajstić information content (AvgIpc) is 3.11. The van der Waals surface area contributed by atoms with E-state index in [1.54, 1.807) is 12.4 Å². The SMILES string of the molecule is CCOc1ccc(Nc2cncc(C(=O)N3CCCC3)c2)cc1. The van der Waals surface area contributed by atoms with Crippen molar-refractivity contribution < 1.29 is 9.53 Å². The van der Waals surface area contributed by atoms with Crippen molar-refractivity contribution in [3.63, 3.8) is 0 Å². The number of nitrogens with zero attached hydrogens (tertiary/aromatic N) is 2. The van der Waals surface area contributed by atoms with Crippen molar-refractivity contribution in [3.8, 4) is 5.75 Å². The summed E-state index contributed by atoms with van der Waals surface area (Å²) in [5, 5.41) is 3.27. The zero-order chi connectivity index (χ0) is 16.1. The lowest BCUT2D eigenvalue weighted by atomic mass is 10.2.